The van der Waals surface area contributed by atoms with E-state index in [2.05, 4.69) is 25.9 Å². The highest BCUT2D eigenvalue weighted by Gasteiger charge is 2.26. The van der Waals surface area contributed by atoms with Crippen LogP contribution in [-0.2, 0) is 4.74 Å². The molecule has 5 nitrogen and oxygen atoms in total. The number of carbonyl (C=O) groups is 1. The molecule has 0 amide bonds. The van der Waals surface area contributed by atoms with Crippen LogP contribution in [-0.4, -0.2) is 25.4 Å². The number of ether oxygens (including phenoxy) is 2. The van der Waals surface area contributed by atoms with Gasteiger partial charge in [0.05, 0.1) is 19.6 Å². The van der Waals surface area contributed by atoms with Crippen molar-refractivity contribution in [3.8, 4) is 5.75 Å². The first-order valence-corrected chi connectivity index (χ1v) is 10.6. The van der Waals surface area contributed by atoms with Gasteiger partial charge >= 0.3 is 0 Å². The zero-order valence-corrected chi connectivity index (χ0v) is 18.1. The third-order valence-corrected chi connectivity index (χ3v) is 4.88. The second kappa shape index (κ2) is 14.0. The maximum absolute atomic E-state index is 12.9. The standard InChI is InChI=1S/C23H38N2O3/c1-5-6-8-12-21(23(25-24)27-4)22(26)19-13-15-20(16-14-19)28-17-10-7-9-11-18(2)3/h13-16,18,21H,5-12,17,24H2,1-4H3. The quantitative estimate of drug-likeness (QED) is 0.112. The van der Waals surface area contributed by atoms with Crippen LogP contribution < -0.4 is 10.6 Å². The van der Waals surface area contributed by atoms with Crippen molar-refractivity contribution in [2.75, 3.05) is 13.7 Å². The molecule has 0 fully saturated rings. The molecule has 0 radical (unpaired) electrons. The molecule has 1 atom stereocenters. The van der Waals surface area contributed by atoms with E-state index in [1.807, 2.05) is 24.3 Å². The van der Waals surface area contributed by atoms with Gasteiger partial charge in [-0.05, 0) is 43.0 Å². The number of unbranched alkanes of at least 4 members (excludes halogenated alkanes) is 4. The fourth-order valence-corrected chi connectivity index (χ4v) is 3.19. The molecule has 1 unspecified atom stereocenters. The number of rotatable bonds is 14. The van der Waals surface area contributed by atoms with Crippen LogP contribution in [0.5, 0.6) is 5.75 Å². The lowest BCUT2D eigenvalue weighted by molar-refractivity contribution is 0.0936. The van der Waals surface area contributed by atoms with E-state index >= 15 is 0 Å². The summed E-state index contributed by atoms with van der Waals surface area (Å²) in [6.45, 7) is 7.35. The summed E-state index contributed by atoms with van der Waals surface area (Å²) in [6, 6.07) is 7.34. The predicted molar refractivity (Wildman–Crippen MR) is 116 cm³/mol. The van der Waals surface area contributed by atoms with Crippen molar-refractivity contribution in [3.05, 3.63) is 29.8 Å². The molecule has 0 aliphatic carbocycles. The highest BCUT2D eigenvalue weighted by atomic mass is 16.5. The van der Waals surface area contributed by atoms with E-state index in [9.17, 15) is 4.79 Å². The van der Waals surface area contributed by atoms with Crippen molar-refractivity contribution in [3.63, 3.8) is 0 Å². The second-order valence-electron chi connectivity index (χ2n) is 7.70. The number of nitrogens with two attached hydrogens (primary N) is 1. The van der Waals surface area contributed by atoms with Crippen molar-refractivity contribution in [2.45, 2.75) is 72.1 Å². The molecule has 0 spiro atoms. The first-order chi connectivity index (χ1) is 13.5. The molecule has 5 heteroatoms. The molecule has 2 N–H and O–H groups in total. The Balaban J connectivity index is 2.59. The maximum atomic E-state index is 12.9. The molecule has 1 rings (SSSR count). The number of hydrogen-bond acceptors (Lipinski definition) is 5. The molecule has 28 heavy (non-hydrogen) atoms. The Hall–Kier alpha value is -2.04. The van der Waals surface area contributed by atoms with Crippen LogP contribution in [0.15, 0.2) is 29.4 Å². The van der Waals surface area contributed by atoms with Gasteiger partial charge in [0.2, 0.25) is 5.90 Å². The molecule has 0 saturated heterocycles. The molecule has 0 aliphatic heterocycles. The Morgan fingerprint density at radius 1 is 1.04 bits per heavy atom. The van der Waals surface area contributed by atoms with Gasteiger partial charge in [-0.25, -0.2) is 0 Å². The van der Waals surface area contributed by atoms with E-state index in [0.717, 1.165) is 37.4 Å². The average molecular weight is 391 g/mol. The molecule has 0 heterocycles. The van der Waals surface area contributed by atoms with Gasteiger partial charge in [-0.15, -0.1) is 5.10 Å². The van der Waals surface area contributed by atoms with Crippen molar-refractivity contribution in [1.82, 2.24) is 0 Å². The molecule has 0 saturated carbocycles. The second-order valence-corrected chi connectivity index (χ2v) is 7.70. The van der Waals surface area contributed by atoms with Gasteiger partial charge in [0.15, 0.2) is 5.78 Å². The lowest BCUT2D eigenvalue weighted by Crippen LogP contribution is -2.27. The van der Waals surface area contributed by atoms with Crippen LogP contribution >= 0.6 is 0 Å². The summed E-state index contributed by atoms with van der Waals surface area (Å²) in [4.78, 5) is 12.9. The zero-order valence-electron chi connectivity index (χ0n) is 18.1. The number of nitrogens with zero attached hydrogens (tertiary/aromatic N) is 1. The summed E-state index contributed by atoms with van der Waals surface area (Å²) < 4.78 is 11.0. The Labute approximate surface area is 170 Å². The number of methoxy groups -OCH3 is 1. The fourth-order valence-electron chi connectivity index (χ4n) is 3.19. The molecule has 1 aromatic carbocycles. The zero-order chi connectivity index (χ0) is 20.8. The van der Waals surface area contributed by atoms with E-state index in [1.54, 1.807) is 0 Å². The van der Waals surface area contributed by atoms with E-state index in [4.69, 9.17) is 15.3 Å². The van der Waals surface area contributed by atoms with Gasteiger partial charge in [0.1, 0.15) is 5.75 Å². The molecule has 158 valence electrons. The normalized spacial score (nSPS) is 12.8. The van der Waals surface area contributed by atoms with Crippen LogP contribution in [0.2, 0.25) is 0 Å². The minimum Gasteiger partial charge on any atom is -0.494 e. The molecular weight excluding hydrogens is 352 g/mol. The number of ketones is 1. The molecule has 0 bridgehead atoms. The first kappa shape index (κ1) is 24.0. The predicted octanol–water partition coefficient (Wildman–Crippen LogP) is 5.58. The largest absolute Gasteiger partial charge is 0.494 e. The first-order valence-electron chi connectivity index (χ1n) is 10.6. The van der Waals surface area contributed by atoms with Crippen molar-refractivity contribution in [1.29, 1.82) is 0 Å². The van der Waals surface area contributed by atoms with E-state index in [-0.39, 0.29) is 5.78 Å². The Morgan fingerprint density at radius 2 is 1.71 bits per heavy atom. The molecule has 1 aromatic rings. The summed E-state index contributed by atoms with van der Waals surface area (Å²) in [5, 5.41) is 3.67. The minimum atomic E-state index is -0.436. The Kier molecular flexibility index (Phi) is 12.0. The maximum Gasteiger partial charge on any atom is 0.216 e. The van der Waals surface area contributed by atoms with Crippen LogP contribution in [0.1, 0.15) is 82.5 Å². The van der Waals surface area contributed by atoms with E-state index in [0.29, 0.717) is 24.5 Å². The summed E-state index contributed by atoms with van der Waals surface area (Å²) in [7, 11) is 1.50. The minimum absolute atomic E-state index is 0.0117. The topological polar surface area (TPSA) is 73.9 Å². The SMILES string of the molecule is CCCCCC(C(=O)c1ccc(OCCCCCC(C)C)cc1)C(=NN)OC. The van der Waals surface area contributed by atoms with Gasteiger partial charge in [0.25, 0.3) is 0 Å². The third kappa shape index (κ3) is 8.77. The number of benzene rings is 1. The van der Waals surface area contributed by atoms with E-state index in [1.165, 1.54) is 26.4 Å². The van der Waals surface area contributed by atoms with E-state index < -0.39 is 5.92 Å². The van der Waals surface area contributed by atoms with Gasteiger partial charge in [-0.2, -0.15) is 0 Å². The van der Waals surface area contributed by atoms with Crippen LogP contribution in [0, 0.1) is 11.8 Å². The number of carbonyl (C=O) groups excluding carboxylic acids is 1. The van der Waals surface area contributed by atoms with Crippen LogP contribution in [0.4, 0.5) is 0 Å². The van der Waals surface area contributed by atoms with Crippen molar-refractivity contribution >= 4 is 11.7 Å². The van der Waals surface area contributed by atoms with Crippen LogP contribution in [0.25, 0.3) is 0 Å². The summed E-state index contributed by atoms with van der Waals surface area (Å²) in [5.74, 6) is 6.83. The van der Waals surface area contributed by atoms with Crippen molar-refractivity contribution < 1.29 is 14.3 Å². The van der Waals surface area contributed by atoms with Gasteiger partial charge in [-0.3, -0.25) is 4.79 Å². The Morgan fingerprint density at radius 3 is 2.29 bits per heavy atom. The Bertz CT molecular complexity index is 582. The highest BCUT2D eigenvalue weighted by Crippen LogP contribution is 2.21. The smallest absolute Gasteiger partial charge is 0.216 e. The highest BCUT2D eigenvalue weighted by molar-refractivity contribution is 6.10. The molecular formula is C23H38N2O3. The van der Waals surface area contributed by atoms with Gasteiger partial charge < -0.3 is 15.3 Å². The van der Waals surface area contributed by atoms with Gasteiger partial charge in [0, 0.05) is 5.56 Å². The lowest BCUT2D eigenvalue weighted by Gasteiger charge is -2.16. The van der Waals surface area contributed by atoms with Gasteiger partial charge in [-0.1, -0.05) is 59.3 Å². The fraction of sp³-hybridized carbons (Fsp3) is 0.652. The van der Waals surface area contributed by atoms with Crippen LogP contribution in [0.3, 0.4) is 0 Å². The lowest BCUT2D eigenvalue weighted by atomic mass is 9.92. The summed E-state index contributed by atoms with van der Waals surface area (Å²) in [5.41, 5.74) is 0.629. The van der Waals surface area contributed by atoms with Crippen molar-refractivity contribution in [2.24, 2.45) is 22.8 Å². The number of Topliss-reactive ketones (excluding diaryl/α,β-unsaturated/α-hetero) is 1. The monoisotopic (exact) mass is 390 g/mol. The molecule has 0 aliphatic rings. The number of hydrogen-bond donors (Lipinski definition) is 1. The number of hydrazone groups is 1. The average Bonchev–Trinajstić information content (AvgIpc) is 2.70. The summed E-state index contributed by atoms with van der Waals surface area (Å²) in [6.07, 6.45) is 8.54. The summed E-state index contributed by atoms with van der Waals surface area (Å²) >= 11 is 0. The molecule has 0 aromatic heterocycles. The third-order valence-electron chi connectivity index (χ3n) is 4.88.